The highest BCUT2D eigenvalue weighted by Gasteiger charge is 2.15. The largest absolute Gasteiger partial charge is 0.480 e. The van der Waals surface area contributed by atoms with E-state index in [2.05, 4.69) is 10.2 Å². The lowest BCUT2D eigenvalue weighted by Crippen LogP contribution is -2.34. The fourth-order valence-corrected chi connectivity index (χ4v) is 1.83. The average Bonchev–Trinajstić information content (AvgIpc) is 2.86. The van der Waals surface area contributed by atoms with Crippen molar-refractivity contribution in [3.05, 3.63) is 42.2 Å². The summed E-state index contributed by atoms with van der Waals surface area (Å²) in [5, 5.41) is 25.9. The van der Waals surface area contributed by atoms with Crippen molar-refractivity contribution >= 4 is 11.9 Å². The summed E-state index contributed by atoms with van der Waals surface area (Å²) >= 11 is 0. The van der Waals surface area contributed by atoms with Crippen LogP contribution in [0.1, 0.15) is 5.69 Å². The first-order chi connectivity index (χ1) is 10.0. The van der Waals surface area contributed by atoms with Gasteiger partial charge in [0.1, 0.15) is 0 Å². The third-order valence-corrected chi connectivity index (χ3v) is 2.63. The second kappa shape index (κ2) is 6.62. The van der Waals surface area contributed by atoms with E-state index >= 15 is 0 Å². The van der Waals surface area contributed by atoms with Gasteiger partial charge in [0.15, 0.2) is 0 Å². The highest BCUT2D eigenvalue weighted by atomic mass is 16.4. The van der Waals surface area contributed by atoms with Crippen LogP contribution < -0.4 is 0 Å². The zero-order chi connectivity index (χ0) is 15.2. The van der Waals surface area contributed by atoms with Crippen LogP contribution in [0, 0.1) is 0 Å². The van der Waals surface area contributed by atoms with Crippen molar-refractivity contribution in [3.63, 3.8) is 0 Å². The summed E-state index contributed by atoms with van der Waals surface area (Å²) < 4.78 is 0. The summed E-state index contributed by atoms with van der Waals surface area (Å²) in [4.78, 5) is 24.1. The van der Waals surface area contributed by atoms with Crippen molar-refractivity contribution in [3.8, 4) is 5.69 Å². The molecule has 0 saturated heterocycles. The van der Waals surface area contributed by atoms with Gasteiger partial charge in [0, 0.05) is 6.54 Å². The van der Waals surface area contributed by atoms with E-state index in [1.807, 2.05) is 30.3 Å². The molecule has 2 aromatic rings. The summed E-state index contributed by atoms with van der Waals surface area (Å²) in [5.41, 5.74) is 1.27. The van der Waals surface area contributed by atoms with Crippen molar-refractivity contribution in [2.45, 2.75) is 6.54 Å². The van der Waals surface area contributed by atoms with Crippen LogP contribution in [0.4, 0.5) is 0 Å². The Hall–Kier alpha value is -2.74. The number of rotatable bonds is 7. The molecule has 2 N–H and O–H groups in total. The molecule has 0 unspecified atom stereocenters. The van der Waals surface area contributed by atoms with Gasteiger partial charge in [0.2, 0.25) is 0 Å². The SMILES string of the molecule is O=C(O)CN(CC(=O)O)Cc1cnn(-c2ccccc2)n1. The molecule has 0 atom stereocenters. The molecule has 21 heavy (non-hydrogen) atoms. The van der Waals surface area contributed by atoms with Crippen molar-refractivity contribution in [1.82, 2.24) is 19.9 Å². The van der Waals surface area contributed by atoms with Crippen LogP contribution in [-0.2, 0) is 16.1 Å². The number of hydrogen-bond acceptors (Lipinski definition) is 5. The number of hydrogen-bond donors (Lipinski definition) is 2. The van der Waals surface area contributed by atoms with Gasteiger partial charge in [-0.25, -0.2) is 0 Å². The number of aromatic nitrogens is 3. The van der Waals surface area contributed by atoms with E-state index < -0.39 is 11.9 Å². The van der Waals surface area contributed by atoms with Crippen LogP contribution in [-0.4, -0.2) is 55.1 Å². The first-order valence-corrected chi connectivity index (χ1v) is 6.17. The standard InChI is InChI=1S/C13H14N4O4/c18-12(19)8-16(9-13(20)21)7-10-6-14-17(15-10)11-4-2-1-3-5-11/h1-6H,7-9H2,(H,18,19)(H,20,21). The van der Waals surface area contributed by atoms with Crippen molar-refractivity contribution in [2.24, 2.45) is 0 Å². The lowest BCUT2D eigenvalue weighted by Gasteiger charge is -2.15. The Bertz CT molecular complexity index is 610. The third kappa shape index (κ3) is 4.39. The Labute approximate surface area is 120 Å². The molecule has 0 spiro atoms. The molecular formula is C13H14N4O4. The summed E-state index contributed by atoms with van der Waals surface area (Å²) in [5.74, 6) is -2.18. The van der Waals surface area contributed by atoms with Crippen LogP contribution in [0.25, 0.3) is 5.69 Å². The summed E-state index contributed by atoms with van der Waals surface area (Å²) in [6, 6.07) is 9.22. The van der Waals surface area contributed by atoms with E-state index in [9.17, 15) is 9.59 Å². The van der Waals surface area contributed by atoms with Crippen molar-refractivity contribution in [2.75, 3.05) is 13.1 Å². The van der Waals surface area contributed by atoms with E-state index in [1.165, 1.54) is 15.9 Å². The van der Waals surface area contributed by atoms with Gasteiger partial charge in [-0.1, -0.05) is 18.2 Å². The Morgan fingerprint density at radius 2 is 1.71 bits per heavy atom. The smallest absolute Gasteiger partial charge is 0.317 e. The molecule has 110 valence electrons. The monoisotopic (exact) mass is 290 g/mol. The van der Waals surface area contributed by atoms with E-state index in [-0.39, 0.29) is 19.6 Å². The fourth-order valence-electron chi connectivity index (χ4n) is 1.83. The molecule has 0 amide bonds. The summed E-state index contributed by atoms with van der Waals surface area (Å²) in [7, 11) is 0. The number of carboxylic acids is 2. The van der Waals surface area contributed by atoms with Gasteiger partial charge in [0.25, 0.3) is 0 Å². The van der Waals surface area contributed by atoms with Crippen LogP contribution in [0.2, 0.25) is 0 Å². The molecule has 0 fully saturated rings. The van der Waals surface area contributed by atoms with Gasteiger partial charge >= 0.3 is 11.9 Å². The molecule has 1 heterocycles. The molecule has 8 heteroatoms. The normalized spacial score (nSPS) is 10.7. The van der Waals surface area contributed by atoms with Gasteiger partial charge in [0.05, 0.1) is 30.7 Å². The maximum absolute atomic E-state index is 10.7. The van der Waals surface area contributed by atoms with Gasteiger partial charge in [-0.2, -0.15) is 15.0 Å². The lowest BCUT2D eigenvalue weighted by atomic mass is 10.3. The van der Waals surface area contributed by atoms with Crippen molar-refractivity contribution < 1.29 is 19.8 Å². The first-order valence-electron chi connectivity index (χ1n) is 6.17. The topological polar surface area (TPSA) is 109 Å². The molecule has 0 saturated carbocycles. The molecule has 0 radical (unpaired) electrons. The van der Waals surface area contributed by atoms with Crippen molar-refractivity contribution in [1.29, 1.82) is 0 Å². The molecule has 1 aromatic carbocycles. The van der Waals surface area contributed by atoms with E-state index in [1.54, 1.807) is 0 Å². The van der Waals surface area contributed by atoms with Gasteiger partial charge in [-0.15, -0.1) is 0 Å². The predicted molar refractivity (Wildman–Crippen MR) is 71.9 cm³/mol. The quantitative estimate of drug-likeness (QED) is 0.751. The third-order valence-electron chi connectivity index (χ3n) is 2.63. The second-order valence-electron chi connectivity index (χ2n) is 4.39. The molecule has 0 aliphatic rings. The summed E-state index contributed by atoms with van der Waals surface area (Å²) in [6.07, 6.45) is 1.49. The number of aliphatic carboxylic acids is 2. The molecule has 0 bridgehead atoms. The van der Waals surface area contributed by atoms with Crippen LogP contribution in [0.3, 0.4) is 0 Å². The minimum absolute atomic E-state index is 0.103. The number of nitrogens with zero attached hydrogens (tertiary/aromatic N) is 4. The number of benzene rings is 1. The van der Waals surface area contributed by atoms with Crippen LogP contribution in [0.15, 0.2) is 36.5 Å². The zero-order valence-corrected chi connectivity index (χ0v) is 11.1. The van der Waals surface area contributed by atoms with Crippen LogP contribution >= 0.6 is 0 Å². The highest BCUT2D eigenvalue weighted by molar-refractivity contribution is 5.72. The molecule has 8 nitrogen and oxygen atoms in total. The minimum Gasteiger partial charge on any atom is -0.480 e. The number of carbonyl (C=O) groups is 2. The predicted octanol–water partition coefficient (Wildman–Crippen LogP) is 0.238. The maximum atomic E-state index is 10.7. The summed E-state index contributed by atoms with van der Waals surface area (Å²) in [6.45, 7) is -0.638. The highest BCUT2D eigenvalue weighted by Crippen LogP contribution is 2.06. The Kier molecular flexibility index (Phi) is 4.62. The number of para-hydroxylation sites is 1. The van der Waals surface area contributed by atoms with E-state index in [4.69, 9.17) is 10.2 Å². The second-order valence-corrected chi connectivity index (χ2v) is 4.39. The van der Waals surface area contributed by atoms with Gasteiger partial charge in [-0.05, 0) is 12.1 Å². The molecule has 2 rings (SSSR count). The minimum atomic E-state index is -1.09. The van der Waals surface area contributed by atoms with Crippen LogP contribution in [0.5, 0.6) is 0 Å². The molecule has 0 aliphatic heterocycles. The fraction of sp³-hybridized carbons (Fsp3) is 0.231. The molecule has 1 aromatic heterocycles. The average molecular weight is 290 g/mol. The van der Waals surface area contributed by atoms with Gasteiger partial charge in [-0.3, -0.25) is 14.5 Å². The number of carboxylic acid groups (broad SMARTS) is 2. The Morgan fingerprint density at radius 1 is 1.10 bits per heavy atom. The lowest BCUT2D eigenvalue weighted by molar-refractivity contribution is -0.142. The molecule has 0 aliphatic carbocycles. The van der Waals surface area contributed by atoms with Gasteiger partial charge < -0.3 is 10.2 Å². The zero-order valence-electron chi connectivity index (χ0n) is 11.1. The van der Waals surface area contributed by atoms with E-state index in [0.717, 1.165) is 5.69 Å². The maximum Gasteiger partial charge on any atom is 0.317 e. The Morgan fingerprint density at radius 3 is 2.29 bits per heavy atom. The first kappa shape index (κ1) is 14.7. The molecular weight excluding hydrogens is 276 g/mol. The Balaban J connectivity index is 2.09. The van der Waals surface area contributed by atoms with E-state index in [0.29, 0.717) is 5.69 Å².